The van der Waals surface area contributed by atoms with Crippen molar-refractivity contribution in [3.63, 3.8) is 0 Å². The standard InChI is InChI=1S/C15H19NO4/c1-11(17)16-15(14(18)19-2)9-8-13(15)20-10-12-6-4-3-5-7-12/h3-7,13H,8-10H2,1-2H3,(H,16,17)/t13-,15-/m1/s1. The number of benzene rings is 1. The van der Waals surface area contributed by atoms with Gasteiger partial charge in [-0.05, 0) is 18.4 Å². The number of esters is 1. The molecule has 1 aliphatic rings. The van der Waals surface area contributed by atoms with Crippen LogP contribution in [0.1, 0.15) is 25.3 Å². The maximum Gasteiger partial charge on any atom is 0.334 e. The Bertz CT molecular complexity index is 488. The lowest BCUT2D eigenvalue weighted by atomic mass is 9.73. The van der Waals surface area contributed by atoms with Crippen molar-refractivity contribution in [3.05, 3.63) is 35.9 Å². The highest BCUT2D eigenvalue weighted by molar-refractivity contribution is 5.89. The molecule has 1 aromatic rings. The lowest BCUT2D eigenvalue weighted by Gasteiger charge is -2.46. The van der Waals surface area contributed by atoms with Gasteiger partial charge in [0.05, 0.1) is 19.8 Å². The maximum atomic E-state index is 12.0. The van der Waals surface area contributed by atoms with Gasteiger partial charge in [0.2, 0.25) is 5.91 Å². The summed E-state index contributed by atoms with van der Waals surface area (Å²) in [6.07, 6.45) is 0.917. The number of carbonyl (C=O) groups excluding carboxylic acids is 2. The molecule has 1 aliphatic carbocycles. The second kappa shape index (κ2) is 6.05. The molecule has 2 rings (SSSR count). The summed E-state index contributed by atoms with van der Waals surface area (Å²) in [6, 6.07) is 9.71. The highest BCUT2D eigenvalue weighted by Gasteiger charge is 2.55. The molecule has 1 fully saturated rings. The Balaban J connectivity index is 2.03. The van der Waals surface area contributed by atoms with Gasteiger partial charge in [0.15, 0.2) is 5.54 Å². The molecule has 5 heteroatoms. The summed E-state index contributed by atoms with van der Waals surface area (Å²) >= 11 is 0. The highest BCUT2D eigenvalue weighted by Crippen LogP contribution is 2.36. The quantitative estimate of drug-likeness (QED) is 0.827. The largest absolute Gasteiger partial charge is 0.467 e. The van der Waals surface area contributed by atoms with Gasteiger partial charge in [-0.2, -0.15) is 0 Å². The van der Waals surface area contributed by atoms with Gasteiger partial charge in [-0.1, -0.05) is 30.3 Å². The van der Waals surface area contributed by atoms with Crippen molar-refractivity contribution >= 4 is 11.9 Å². The number of hydrogen-bond donors (Lipinski definition) is 1. The summed E-state index contributed by atoms with van der Waals surface area (Å²) in [5.74, 6) is -0.708. The van der Waals surface area contributed by atoms with Gasteiger partial charge in [-0.3, -0.25) is 4.79 Å². The van der Waals surface area contributed by atoms with Gasteiger partial charge in [0.25, 0.3) is 0 Å². The van der Waals surface area contributed by atoms with Crippen LogP contribution in [0.3, 0.4) is 0 Å². The first kappa shape index (κ1) is 14.5. The molecule has 0 aromatic heterocycles. The predicted octanol–water partition coefficient (Wildman–Crippen LogP) is 1.41. The van der Waals surface area contributed by atoms with Gasteiger partial charge in [-0.25, -0.2) is 4.79 Å². The molecule has 0 heterocycles. The van der Waals surface area contributed by atoms with Gasteiger partial charge >= 0.3 is 5.97 Å². The van der Waals surface area contributed by atoms with Crippen LogP contribution in [0.4, 0.5) is 0 Å². The maximum absolute atomic E-state index is 12.0. The molecular weight excluding hydrogens is 258 g/mol. The van der Waals surface area contributed by atoms with Crippen molar-refractivity contribution in [1.82, 2.24) is 5.32 Å². The molecule has 1 aromatic carbocycles. The number of amides is 1. The first-order chi connectivity index (χ1) is 9.58. The van der Waals surface area contributed by atoms with E-state index in [9.17, 15) is 9.59 Å². The summed E-state index contributed by atoms with van der Waals surface area (Å²) in [6.45, 7) is 1.79. The Morgan fingerprint density at radius 1 is 1.35 bits per heavy atom. The zero-order valence-corrected chi connectivity index (χ0v) is 11.7. The number of methoxy groups -OCH3 is 1. The first-order valence-electron chi connectivity index (χ1n) is 6.61. The molecule has 0 spiro atoms. The van der Waals surface area contributed by atoms with E-state index in [1.165, 1.54) is 14.0 Å². The number of carbonyl (C=O) groups is 2. The summed E-state index contributed by atoms with van der Waals surface area (Å²) < 4.78 is 10.6. The van der Waals surface area contributed by atoms with E-state index in [1.54, 1.807) is 0 Å². The van der Waals surface area contributed by atoms with E-state index in [0.29, 0.717) is 13.0 Å². The van der Waals surface area contributed by atoms with Crippen LogP contribution in [0.25, 0.3) is 0 Å². The number of hydrogen-bond acceptors (Lipinski definition) is 4. The molecule has 0 bridgehead atoms. The number of ether oxygens (including phenoxy) is 2. The van der Waals surface area contributed by atoms with Crippen LogP contribution in [0, 0.1) is 0 Å². The molecule has 5 nitrogen and oxygen atoms in total. The predicted molar refractivity (Wildman–Crippen MR) is 72.8 cm³/mol. The first-order valence-corrected chi connectivity index (χ1v) is 6.61. The Hall–Kier alpha value is -1.88. The van der Waals surface area contributed by atoms with E-state index in [0.717, 1.165) is 12.0 Å². The van der Waals surface area contributed by atoms with Crippen molar-refractivity contribution in [3.8, 4) is 0 Å². The van der Waals surface area contributed by atoms with Crippen LogP contribution in [-0.2, 0) is 25.7 Å². The van der Waals surface area contributed by atoms with Crippen molar-refractivity contribution in [2.75, 3.05) is 7.11 Å². The molecule has 0 unspecified atom stereocenters. The summed E-state index contributed by atoms with van der Waals surface area (Å²) in [5, 5.41) is 2.69. The molecule has 108 valence electrons. The minimum atomic E-state index is -1.03. The monoisotopic (exact) mass is 277 g/mol. The van der Waals surface area contributed by atoms with E-state index < -0.39 is 11.5 Å². The molecule has 20 heavy (non-hydrogen) atoms. The molecule has 0 radical (unpaired) electrons. The summed E-state index contributed by atoms with van der Waals surface area (Å²) in [5.41, 5.74) is -0.00368. The SMILES string of the molecule is COC(=O)[C@@]1(NC(C)=O)CC[C@H]1OCc1ccccc1. The molecule has 0 aliphatic heterocycles. The second-order valence-electron chi connectivity index (χ2n) is 4.97. The fourth-order valence-electron chi connectivity index (χ4n) is 2.47. The zero-order chi connectivity index (χ0) is 14.6. The minimum absolute atomic E-state index is 0.261. The van der Waals surface area contributed by atoms with Crippen LogP contribution in [0.15, 0.2) is 30.3 Å². The van der Waals surface area contributed by atoms with Crippen molar-refractivity contribution in [1.29, 1.82) is 0 Å². The van der Waals surface area contributed by atoms with Crippen LogP contribution < -0.4 is 5.32 Å². The second-order valence-corrected chi connectivity index (χ2v) is 4.97. The van der Waals surface area contributed by atoms with Gasteiger partial charge in [0, 0.05) is 6.92 Å². The van der Waals surface area contributed by atoms with Crippen molar-refractivity contribution in [2.24, 2.45) is 0 Å². The fourth-order valence-corrected chi connectivity index (χ4v) is 2.47. The number of rotatable bonds is 5. The van der Waals surface area contributed by atoms with Crippen LogP contribution >= 0.6 is 0 Å². The Morgan fingerprint density at radius 3 is 2.55 bits per heavy atom. The summed E-state index contributed by atoms with van der Waals surface area (Å²) in [7, 11) is 1.32. The van der Waals surface area contributed by atoms with Gasteiger partial charge in [0.1, 0.15) is 0 Å². The van der Waals surface area contributed by atoms with E-state index >= 15 is 0 Å². The normalized spacial score (nSPS) is 24.6. The third kappa shape index (κ3) is 2.82. The topological polar surface area (TPSA) is 64.6 Å². The van der Waals surface area contributed by atoms with Gasteiger partial charge < -0.3 is 14.8 Å². The Labute approximate surface area is 118 Å². The van der Waals surface area contributed by atoms with Gasteiger partial charge in [-0.15, -0.1) is 0 Å². The van der Waals surface area contributed by atoms with Crippen LogP contribution in [0.5, 0.6) is 0 Å². The lowest BCUT2D eigenvalue weighted by Crippen LogP contribution is -2.68. The molecule has 2 atom stereocenters. The third-order valence-corrected chi connectivity index (χ3v) is 3.59. The minimum Gasteiger partial charge on any atom is -0.467 e. The van der Waals surface area contributed by atoms with Crippen molar-refractivity contribution < 1.29 is 19.1 Å². The van der Waals surface area contributed by atoms with E-state index in [4.69, 9.17) is 9.47 Å². The number of nitrogens with one attached hydrogen (secondary N) is 1. The van der Waals surface area contributed by atoms with E-state index in [1.807, 2.05) is 30.3 Å². The highest BCUT2D eigenvalue weighted by atomic mass is 16.5. The Kier molecular flexibility index (Phi) is 4.39. The average Bonchev–Trinajstić information content (AvgIpc) is 2.43. The molecular formula is C15H19NO4. The van der Waals surface area contributed by atoms with Crippen LogP contribution in [0.2, 0.25) is 0 Å². The van der Waals surface area contributed by atoms with Crippen molar-refractivity contribution in [2.45, 2.75) is 38.0 Å². The van der Waals surface area contributed by atoms with E-state index in [-0.39, 0.29) is 12.0 Å². The Morgan fingerprint density at radius 2 is 2.05 bits per heavy atom. The van der Waals surface area contributed by atoms with E-state index in [2.05, 4.69) is 5.32 Å². The third-order valence-electron chi connectivity index (χ3n) is 3.59. The fraction of sp³-hybridized carbons (Fsp3) is 0.467. The lowest BCUT2D eigenvalue weighted by molar-refractivity contribution is -0.171. The molecule has 1 amide bonds. The molecule has 0 saturated heterocycles. The summed E-state index contributed by atoms with van der Waals surface area (Å²) in [4.78, 5) is 23.3. The smallest absolute Gasteiger partial charge is 0.334 e. The average molecular weight is 277 g/mol. The molecule has 1 N–H and O–H groups in total. The zero-order valence-electron chi connectivity index (χ0n) is 11.7. The van der Waals surface area contributed by atoms with Crippen LogP contribution in [-0.4, -0.2) is 30.6 Å². The molecule has 1 saturated carbocycles.